The highest BCUT2D eigenvalue weighted by Gasteiger charge is 2.50. The number of nitriles is 1. The molecular weight excluding hydrogens is 467 g/mol. The molecule has 0 saturated carbocycles. The summed E-state index contributed by atoms with van der Waals surface area (Å²) < 4.78 is 16.6. The fourth-order valence-electron chi connectivity index (χ4n) is 4.92. The first-order chi connectivity index (χ1) is 17.2. The Labute approximate surface area is 206 Å². The number of nitrogens with zero attached hydrogens (tertiary/aromatic N) is 6. The Hall–Kier alpha value is -4.40. The van der Waals surface area contributed by atoms with Crippen LogP contribution >= 0.6 is 0 Å². The molecule has 1 saturated heterocycles. The molecule has 1 unspecified atom stereocenters. The van der Waals surface area contributed by atoms with Gasteiger partial charge in [0.25, 0.3) is 5.91 Å². The molecule has 1 aromatic carbocycles. The summed E-state index contributed by atoms with van der Waals surface area (Å²) in [7, 11) is 0. The Bertz CT molecular complexity index is 1270. The van der Waals surface area contributed by atoms with Crippen LogP contribution < -0.4 is 11.1 Å². The van der Waals surface area contributed by atoms with Crippen molar-refractivity contribution >= 4 is 23.5 Å². The number of carboxylic acid groups (broad SMARTS) is 1. The number of piperidine rings is 1. The smallest absolute Gasteiger partial charge is 0.407 e. The van der Waals surface area contributed by atoms with Crippen LogP contribution in [0.25, 0.3) is 0 Å². The van der Waals surface area contributed by atoms with E-state index in [1.54, 1.807) is 17.8 Å². The van der Waals surface area contributed by atoms with E-state index in [4.69, 9.17) is 5.73 Å². The van der Waals surface area contributed by atoms with Gasteiger partial charge in [-0.1, -0.05) is 0 Å². The van der Waals surface area contributed by atoms with Gasteiger partial charge in [0.2, 0.25) is 0 Å². The number of benzene rings is 1. The van der Waals surface area contributed by atoms with Crippen LogP contribution in [0.15, 0.2) is 48.9 Å². The topological polar surface area (TPSA) is 155 Å². The molecular formula is C24H27FN8O3. The van der Waals surface area contributed by atoms with Crippen molar-refractivity contribution < 1.29 is 19.1 Å². The van der Waals surface area contributed by atoms with Gasteiger partial charge in [0.1, 0.15) is 11.4 Å². The van der Waals surface area contributed by atoms with Crippen LogP contribution in [-0.4, -0.2) is 53.7 Å². The molecule has 3 atom stereocenters. The van der Waals surface area contributed by atoms with Crippen molar-refractivity contribution in [3.05, 3.63) is 60.3 Å². The van der Waals surface area contributed by atoms with Gasteiger partial charge in [0.05, 0.1) is 23.6 Å². The lowest BCUT2D eigenvalue weighted by Crippen LogP contribution is -2.59. The molecule has 0 radical (unpaired) electrons. The third-order valence-corrected chi connectivity index (χ3v) is 6.76. The Morgan fingerprint density at radius 1 is 1.36 bits per heavy atom. The zero-order chi connectivity index (χ0) is 25.9. The predicted molar refractivity (Wildman–Crippen MR) is 128 cm³/mol. The molecule has 4 rings (SSSR count). The van der Waals surface area contributed by atoms with Crippen molar-refractivity contribution in [1.82, 2.24) is 24.5 Å². The zero-order valence-electron chi connectivity index (χ0n) is 19.7. The van der Waals surface area contributed by atoms with Crippen LogP contribution in [0.5, 0.6) is 0 Å². The molecule has 0 aliphatic carbocycles. The molecule has 2 aromatic heterocycles. The van der Waals surface area contributed by atoms with Crippen molar-refractivity contribution in [3.8, 4) is 6.07 Å². The number of amides is 2. The molecule has 1 aliphatic rings. The summed E-state index contributed by atoms with van der Waals surface area (Å²) >= 11 is 0. The number of aromatic nitrogens is 4. The largest absolute Gasteiger partial charge is 0.465 e. The van der Waals surface area contributed by atoms with Gasteiger partial charge in [-0.2, -0.15) is 15.5 Å². The molecule has 3 aromatic rings. The van der Waals surface area contributed by atoms with E-state index in [-0.39, 0.29) is 17.9 Å². The second kappa shape index (κ2) is 10.1. The van der Waals surface area contributed by atoms with Crippen molar-refractivity contribution in [3.63, 3.8) is 0 Å². The first kappa shape index (κ1) is 24.7. The number of aryl methyl sites for hydroxylation is 1. The van der Waals surface area contributed by atoms with Crippen molar-refractivity contribution in [2.45, 2.75) is 44.3 Å². The second-order valence-corrected chi connectivity index (χ2v) is 8.99. The number of carbonyl (C=O) groups is 2. The van der Waals surface area contributed by atoms with E-state index in [1.165, 1.54) is 40.0 Å². The molecule has 11 nitrogen and oxygen atoms in total. The molecule has 0 bridgehead atoms. The lowest BCUT2D eigenvalue weighted by Gasteiger charge is -2.49. The summed E-state index contributed by atoms with van der Waals surface area (Å²) in [6.45, 7) is 2.56. The molecule has 12 heteroatoms. The average Bonchev–Trinajstić information content (AvgIpc) is 3.50. The molecule has 36 heavy (non-hydrogen) atoms. The first-order valence-electron chi connectivity index (χ1n) is 11.5. The summed E-state index contributed by atoms with van der Waals surface area (Å²) in [6.07, 6.45) is 5.25. The minimum Gasteiger partial charge on any atom is -0.465 e. The maximum absolute atomic E-state index is 13.3. The van der Waals surface area contributed by atoms with Crippen LogP contribution in [0.1, 0.15) is 42.6 Å². The van der Waals surface area contributed by atoms with Crippen LogP contribution in [0.2, 0.25) is 0 Å². The average molecular weight is 495 g/mol. The number of nitrogens with two attached hydrogens (primary N) is 1. The maximum Gasteiger partial charge on any atom is 0.407 e. The van der Waals surface area contributed by atoms with Crippen LogP contribution in [0.3, 0.4) is 0 Å². The minimum atomic E-state index is -1.09. The quantitative estimate of drug-likeness (QED) is 0.433. The predicted octanol–water partition coefficient (Wildman–Crippen LogP) is 3.36. The molecule has 188 valence electrons. The lowest BCUT2D eigenvalue weighted by atomic mass is 9.73. The SMILES string of the molecule is CC1(CCCn2cccn2)[C@H](C#N)[C@@H](n2cc(C(N)=O)c(Nc3ccc(F)cc3)n2)CCN1C(=O)O. The van der Waals surface area contributed by atoms with Crippen molar-refractivity contribution in [2.24, 2.45) is 11.7 Å². The standard InChI is InChI=1S/C24H27FN8O3/c1-24(9-2-11-31-12-3-10-28-31)19(14-26)20(8-13-32(24)23(35)36)33-15-18(21(27)34)22(30-33)29-17-6-4-16(25)5-7-17/h3-7,10,12,15,19-20H,2,8-9,11,13H2,1H3,(H2,27,34)(H,29,30)(H,35,36)/t19-,20+,24?/m1/s1. The van der Waals surface area contributed by atoms with Gasteiger partial charge >= 0.3 is 6.09 Å². The zero-order valence-corrected chi connectivity index (χ0v) is 19.7. The summed E-state index contributed by atoms with van der Waals surface area (Å²) in [5.74, 6) is -1.70. The number of primary amides is 1. The molecule has 1 aliphatic heterocycles. The highest BCUT2D eigenvalue weighted by molar-refractivity contribution is 5.98. The Kier molecular flexibility index (Phi) is 6.91. The van der Waals surface area contributed by atoms with Gasteiger partial charge in [0, 0.05) is 37.4 Å². The fourth-order valence-corrected chi connectivity index (χ4v) is 4.92. The first-order valence-corrected chi connectivity index (χ1v) is 11.5. The monoisotopic (exact) mass is 494 g/mol. The third-order valence-electron chi connectivity index (χ3n) is 6.76. The van der Waals surface area contributed by atoms with Crippen LogP contribution in [0.4, 0.5) is 20.7 Å². The molecule has 3 heterocycles. The number of nitrogens with one attached hydrogen (secondary N) is 1. The van der Waals surface area contributed by atoms with Gasteiger partial charge in [-0.3, -0.25) is 14.2 Å². The Morgan fingerprint density at radius 3 is 2.72 bits per heavy atom. The van der Waals surface area contributed by atoms with Gasteiger partial charge in [-0.25, -0.2) is 9.18 Å². The molecule has 0 spiro atoms. The van der Waals surface area contributed by atoms with Gasteiger partial charge in [-0.15, -0.1) is 0 Å². The number of rotatable bonds is 8. The summed E-state index contributed by atoms with van der Waals surface area (Å²) in [5.41, 5.74) is 5.19. The lowest BCUT2D eigenvalue weighted by molar-refractivity contribution is 0.00108. The van der Waals surface area contributed by atoms with E-state index in [0.29, 0.717) is 31.5 Å². The number of halogens is 1. The number of hydrogen-bond donors (Lipinski definition) is 3. The third kappa shape index (κ3) is 4.86. The van der Waals surface area contributed by atoms with Crippen molar-refractivity contribution in [2.75, 3.05) is 11.9 Å². The summed E-state index contributed by atoms with van der Waals surface area (Å²) in [4.78, 5) is 25.6. The molecule has 2 amide bonds. The van der Waals surface area contributed by atoms with Gasteiger partial charge in [-0.05, 0) is 56.5 Å². The summed E-state index contributed by atoms with van der Waals surface area (Å²) in [5, 5.41) is 31.8. The van der Waals surface area contributed by atoms with E-state index in [2.05, 4.69) is 21.6 Å². The number of likely N-dealkylation sites (tertiary alicyclic amines) is 1. The molecule has 4 N–H and O–H groups in total. The number of carbonyl (C=O) groups excluding carboxylic acids is 1. The Balaban J connectivity index is 1.63. The van der Waals surface area contributed by atoms with Crippen LogP contribution in [-0.2, 0) is 6.54 Å². The van der Waals surface area contributed by atoms with E-state index < -0.39 is 35.3 Å². The summed E-state index contributed by atoms with van der Waals surface area (Å²) in [6, 6.07) is 9.17. The normalized spacial score (nSPS) is 21.6. The van der Waals surface area contributed by atoms with E-state index in [0.717, 1.165) is 0 Å². The second-order valence-electron chi connectivity index (χ2n) is 8.99. The van der Waals surface area contributed by atoms with Crippen molar-refractivity contribution in [1.29, 1.82) is 5.26 Å². The van der Waals surface area contributed by atoms with E-state index in [9.17, 15) is 24.3 Å². The molecule has 1 fully saturated rings. The van der Waals surface area contributed by atoms with E-state index >= 15 is 0 Å². The number of anilines is 2. The van der Waals surface area contributed by atoms with E-state index in [1.807, 2.05) is 12.3 Å². The number of hydrogen-bond acceptors (Lipinski definition) is 6. The Morgan fingerprint density at radius 2 is 2.11 bits per heavy atom. The van der Waals surface area contributed by atoms with Gasteiger partial charge < -0.3 is 21.1 Å². The maximum atomic E-state index is 13.3. The van der Waals surface area contributed by atoms with Gasteiger partial charge in [0.15, 0.2) is 5.82 Å². The fraction of sp³-hybridized carbons (Fsp3) is 0.375. The highest BCUT2D eigenvalue weighted by Crippen LogP contribution is 2.43. The minimum absolute atomic E-state index is 0.108. The van der Waals surface area contributed by atoms with Crippen LogP contribution in [0, 0.1) is 23.1 Å². The highest BCUT2D eigenvalue weighted by atomic mass is 19.1.